The normalized spacial score (nSPS) is 17.0. The number of rotatable bonds is 0. The zero-order chi connectivity index (χ0) is 5.11. The third-order valence-electron chi connectivity index (χ3n) is 0.538. The van der Waals surface area contributed by atoms with Crippen LogP contribution >= 0.6 is 12.8 Å². The fourth-order valence-corrected chi connectivity index (χ4v) is 0.401. The minimum Gasteiger partial charge on any atom is -0.208 e. The van der Waals surface area contributed by atoms with E-state index in [1.54, 1.807) is 18.5 Å². The van der Waals surface area contributed by atoms with Crippen LogP contribution in [-0.4, -0.2) is 10.6 Å². The number of allylic oxidation sites excluding steroid dienone is 1. The summed E-state index contributed by atoms with van der Waals surface area (Å²) in [5.41, 5.74) is 2.51. The molecule has 0 saturated carbocycles. The van der Waals surface area contributed by atoms with E-state index in [9.17, 15) is 0 Å². The maximum absolute atomic E-state index is 4.61. The molecular weight excluding hydrogens is 110 g/mol. The Labute approximate surface area is 47.2 Å². The predicted molar refractivity (Wildman–Crippen MR) is 30.2 cm³/mol. The van der Waals surface area contributed by atoms with E-state index >= 15 is 0 Å². The first-order valence-corrected chi connectivity index (χ1v) is 2.18. The van der Waals surface area contributed by atoms with Crippen molar-refractivity contribution in [2.24, 2.45) is 5.10 Å². The maximum Gasteiger partial charge on any atom is 0.0684 e. The molecule has 4 heteroatoms. The van der Waals surface area contributed by atoms with Crippen molar-refractivity contribution in [1.82, 2.24) is 9.95 Å². The smallest absolute Gasteiger partial charge is 0.0684 e. The fourth-order valence-electron chi connectivity index (χ4n) is 0.283. The Kier molecular flexibility index (Phi) is 1.21. The van der Waals surface area contributed by atoms with Gasteiger partial charge in [-0.05, 0) is 6.08 Å². The van der Waals surface area contributed by atoms with Crippen molar-refractivity contribution in [2.45, 2.75) is 0 Å². The largest absolute Gasteiger partial charge is 0.208 e. The van der Waals surface area contributed by atoms with Crippen LogP contribution in [0.1, 0.15) is 0 Å². The number of nitrogens with zero attached hydrogens (tertiary/aromatic N) is 2. The zero-order valence-corrected chi connectivity index (χ0v) is 4.35. The van der Waals surface area contributed by atoms with E-state index in [0.717, 1.165) is 0 Å². The van der Waals surface area contributed by atoms with Crippen molar-refractivity contribution in [1.29, 1.82) is 0 Å². The summed E-state index contributed by atoms with van der Waals surface area (Å²) < 4.78 is 1.35. The van der Waals surface area contributed by atoms with Crippen LogP contribution in [0.2, 0.25) is 0 Å². The summed E-state index contributed by atoms with van der Waals surface area (Å²) in [5, 5.41) is 3.62. The highest BCUT2D eigenvalue weighted by Crippen LogP contribution is 1.89. The van der Waals surface area contributed by atoms with Crippen LogP contribution in [0.3, 0.4) is 0 Å². The number of hydrazone groups is 1. The summed E-state index contributed by atoms with van der Waals surface area (Å²) in [4.78, 5) is 0. The van der Waals surface area contributed by atoms with Gasteiger partial charge >= 0.3 is 0 Å². The van der Waals surface area contributed by atoms with Gasteiger partial charge in [0.25, 0.3) is 0 Å². The number of nitrogens with one attached hydrogen (secondary N) is 1. The van der Waals surface area contributed by atoms with Crippen LogP contribution < -0.4 is 5.53 Å². The lowest BCUT2D eigenvalue weighted by molar-refractivity contribution is 0.473. The van der Waals surface area contributed by atoms with Gasteiger partial charge in [0, 0.05) is 6.20 Å². The summed E-state index contributed by atoms with van der Waals surface area (Å²) in [6, 6.07) is 0. The summed E-state index contributed by atoms with van der Waals surface area (Å²) in [6.07, 6.45) is 5.08. The fraction of sp³-hybridized carbons (Fsp3) is 0. The van der Waals surface area contributed by atoms with Crippen molar-refractivity contribution in [3.05, 3.63) is 12.3 Å². The Bertz CT molecular complexity index is 109. The molecule has 1 radical (unpaired) electrons. The van der Waals surface area contributed by atoms with Crippen LogP contribution in [0, 0.1) is 0 Å². The predicted octanol–water partition coefficient (Wildman–Crippen LogP) is 0.419. The van der Waals surface area contributed by atoms with E-state index < -0.39 is 0 Å². The van der Waals surface area contributed by atoms with E-state index in [1.807, 2.05) is 0 Å². The van der Waals surface area contributed by atoms with Gasteiger partial charge in [0.05, 0.1) is 19.0 Å². The molecule has 0 aromatic rings. The quantitative estimate of drug-likeness (QED) is 0.494. The minimum atomic E-state index is 1.35. The van der Waals surface area contributed by atoms with Gasteiger partial charge in [0.15, 0.2) is 0 Å². The average molecular weight is 114 g/mol. The van der Waals surface area contributed by atoms with Gasteiger partial charge in [0.1, 0.15) is 0 Å². The van der Waals surface area contributed by atoms with Crippen molar-refractivity contribution in [3.63, 3.8) is 0 Å². The second-order valence-corrected chi connectivity index (χ2v) is 1.44. The summed E-state index contributed by atoms with van der Waals surface area (Å²) in [5.74, 6) is 0. The Balaban J connectivity index is 2.49. The molecule has 1 heterocycles. The van der Waals surface area contributed by atoms with E-state index in [1.165, 1.54) is 4.41 Å². The molecule has 7 heavy (non-hydrogen) atoms. The highest BCUT2D eigenvalue weighted by Gasteiger charge is 1.87. The van der Waals surface area contributed by atoms with Gasteiger partial charge in [-0.2, -0.15) is 5.10 Å². The van der Waals surface area contributed by atoms with Gasteiger partial charge < -0.3 is 0 Å². The SMILES string of the molecule is [S]N1C=CC=NN1. The molecular formula is C3H4N3S. The van der Waals surface area contributed by atoms with Crippen molar-refractivity contribution in [2.75, 3.05) is 0 Å². The van der Waals surface area contributed by atoms with E-state index in [0.29, 0.717) is 0 Å². The maximum atomic E-state index is 4.61. The number of hydrogen-bond donors (Lipinski definition) is 1. The second-order valence-electron chi connectivity index (χ2n) is 1.05. The van der Waals surface area contributed by atoms with E-state index in [4.69, 9.17) is 0 Å². The molecule has 1 rings (SSSR count). The standard InChI is InChI=1S/C3H4N3S/c7-6-3-1-2-4-5-6/h1-3,5H. The van der Waals surface area contributed by atoms with Crippen LogP contribution in [0.4, 0.5) is 0 Å². The molecule has 0 saturated heterocycles. The minimum absolute atomic E-state index is 1.35. The highest BCUT2D eigenvalue weighted by molar-refractivity contribution is 7.77. The summed E-state index contributed by atoms with van der Waals surface area (Å²) >= 11 is 4.61. The van der Waals surface area contributed by atoms with E-state index in [-0.39, 0.29) is 0 Å². The van der Waals surface area contributed by atoms with Crippen molar-refractivity contribution >= 4 is 19.0 Å². The molecule has 0 atom stereocenters. The Morgan fingerprint density at radius 1 is 1.71 bits per heavy atom. The molecule has 3 nitrogen and oxygen atoms in total. The van der Waals surface area contributed by atoms with Crippen LogP contribution in [0.25, 0.3) is 0 Å². The summed E-state index contributed by atoms with van der Waals surface area (Å²) in [6.45, 7) is 0. The van der Waals surface area contributed by atoms with Crippen LogP contribution in [0.15, 0.2) is 17.4 Å². The molecule has 1 N–H and O–H groups in total. The first-order valence-electron chi connectivity index (χ1n) is 1.81. The molecule has 0 aliphatic carbocycles. The van der Waals surface area contributed by atoms with Gasteiger partial charge in [-0.15, -0.1) is 0 Å². The lowest BCUT2D eigenvalue weighted by atomic mass is 10.7. The Hall–Kier alpha value is -0.640. The number of hydrogen-bond acceptors (Lipinski definition) is 3. The highest BCUT2D eigenvalue weighted by atomic mass is 32.1. The molecule has 0 unspecified atom stereocenters. The molecule has 1 aliphatic heterocycles. The number of hydrazine groups is 1. The monoisotopic (exact) mass is 114 g/mol. The first-order chi connectivity index (χ1) is 3.39. The molecule has 1 aliphatic rings. The molecule has 0 amide bonds. The molecule has 37 valence electrons. The van der Waals surface area contributed by atoms with Gasteiger partial charge in [0.2, 0.25) is 0 Å². The lowest BCUT2D eigenvalue weighted by Crippen LogP contribution is -2.21. The Morgan fingerprint density at radius 3 is 2.86 bits per heavy atom. The first kappa shape index (κ1) is 4.52. The molecule has 0 spiro atoms. The third kappa shape index (κ3) is 1.12. The molecule has 0 aromatic heterocycles. The van der Waals surface area contributed by atoms with Crippen LogP contribution in [0.5, 0.6) is 0 Å². The molecule has 0 aromatic carbocycles. The van der Waals surface area contributed by atoms with Gasteiger partial charge in [-0.3, -0.25) is 0 Å². The van der Waals surface area contributed by atoms with Crippen LogP contribution in [-0.2, 0) is 0 Å². The Morgan fingerprint density at radius 2 is 2.57 bits per heavy atom. The van der Waals surface area contributed by atoms with Gasteiger partial charge in [-0.25, -0.2) is 9.95 Å². The summed E-state index contributed by atoms with van der Waals surface area (Å²) in [7, 11) is 0. The lowest BCUT2D eigenvalue weighted by Gasteiger charge is -2.09. The zero-order valence-electron chi connectivity index (χ0n) is 3.53. The molecule has 0 bridgehead atoms. The van der Waals surface area contributed by atoms with Crippen molar-refractivity contribution in [3.8, 4) is 0 Å². The van der Waals surface area contributed by atoms with E-state index in [2.05, 4.69) is 23.5 Å². The molecule has 0 fully saturated rings. The second kappa shape index (κ2) is 1.88. The van der Waals surface area contributed by atoms with Crippen molar-refractivity contribution < 1.29 is 0 Å². The topological polar surface area (TPSA) is 27.6 Å². The van der Waals surface area contributed by atoms with Gasteiger partial charge in [-0.1, -0.05) is 0 Å². The third-order valence-corrected chi connectivity index (χ3v) is 0.742. The average Bonchev–Trinajstić information content (AvgIpc) is 1.69.